The lowest BCUT2D eigenvalue weighted by molar-refractivity contribution is -0.116. The zero-order valence-corrected chi connectivity index (χ0v) is 15.8. The SMILES string of the molecule is Cc1cc(NC(=O)Cn2c(C)c3cnn(-c4ccccc4)c(=O)c3c2C)no1. The molecule has 8 nitrogen and oxygen atoms in total. The lowest BCUT2D eigenvalue weighted by Crippen LogP contribution is -2.22. The highest BCUT2D eigenvalue weighted by atomic mass is 16.5. The van der Waals surface area contributed by atoms with E-state index in [-0.39, 0.29) is 18.0 Å². The van der Waals surface area contributed by atoms with E-state index in [0.717, 1.165) is 16.8 Å². The van der Waals surface area contributed by atoms with Gasteiger partial charge in [-0.2, -0.15) is 9.78 Å². The lowest BCUT2D eigenvalue weighted by Gasteiger charge is -2.08. The molecule has 0 spiro atoms. The second-order valence-corrected chi connectivity index (χ2v) is 6.61. The molecule has 0 saturated carbocycles. The molecule has 0 aliphatic rings. The summed E-state index contributed by atoms with van der Waals surface area (Å²) in [6, 6.07) is 10.9. The van der Waals surface area contributed by atoms with E-state index in [1.807, 2.05) is 48.7 Å². The van der Waals surface area contributed by atoms with Crippen molar-refractivity contribution in [2.24, 2.45) is 0 Å². The highest BCUT2D eigenvalue weighted by Crippen LogP contribution is 2.22. The molecule has 0 fully saturated rings. The van der Waals surface area contributed by atoms with Gasteiger partial charge < -0.3 is 14.4 Å². The third kappa shape index (κ3) is 2.98. The fourth-order valence-electron chi connectivity index (χ4n) is 3.35. The predicted molar refractivity (Wildman–Crippen MR) is 105 cm³/mol. The molecule has 1 aromatic carbocycles. The third-order valence-corrected chi connectivity index (χ3v) is 4.74. The van der Waals surface area contributed by atoms with Gasteiger partial charge in [-0.3, -0.25) is 9.59 Å². The number of carbonyl (C=O) groups excluding carboxylic acids is 1. The summed E-state index contributed by atoms with van der Waals surface area (Å²) < 4.78 is 8.14. The van der Waals surface area contributed by atoms with Crippen LogP contribution in [-0.4, -0.2) is 25.4 Å². The Balaban J connectivity index is 1.73. The summed E-state index contributed by atoms with van der Waals surface area (Å²) >= 11 is 0. The Morgan fingerprint density at radius 3 is 2.57 bits per heavy atom. The topological polar surface area (TPSA) is 95.0 Å². The maximum Gasteiger partial charge on any atom is 0.281 e. The zero-order chi connectivity index (χ0) is 19.8. The summed E-state index contributed by atoms with van der Waals surface area (Å²) in [4.78, 5) is 25.5. The van der Waals surface area contributed by atoms with Crippen LogP contribution >= 0.6 is 0 Å². The highest BCUT2D eigenvalue weighted by Gasteiger charge is 2.18. The van der Waals surface area contributed by atoms with Gasteiger partial charge in [-0.15, -0.1) is 0 Å². The van der Waals surface area contributed by atoms with E-state index >= 15 is 0 Å². The van der Waals surface area contributed by atoms with Crippen LogP contribution in [0.4, 0.5) is 5.82 Å². The molecule has 0 aliphatic carbocycles. The first kappa shape index (κ1) is 17.7. The third-order valence-electron chi connectivity index (χ3n) is 4.74. The van der Waals surface area contributed by atoms with Crippen LogP contribution in [0.1, 0.15) is 17.1 Å². The van der Waals surface area contributed by atoms with Crippen molar-refractivity contribution in [1.82, 2.24) is 19.5 Å². The van der Waals surface area contributed by atoms with Crippen molar-refractivity contribution < 1.29 is 9.32 Å². The molecule has 4 aromatic rings. The Morgan fingerprint density at radius 1 is 1.14 bits per heavy atom. The van der Waals surface area contributed by atoms with Crippen LogP contribution in [0.3, 0.4) is 0 Å². The van der Waals surface area contributed by atoms with E-state index < -0.39 is 0 Å². The molecule has 0 radical (unpaired) electrons. The number of hydrogen-bond donors (Lipinski definition) is 1. The van der Waals surface area contributed by atoms with Crippen molar-refractivity contribution in [2.45, 2.75) is 27.3 Å². The van der Waals surface area contributed by atoms with Gasteiger partial charge in [0.05, 0.1) is 17.3 Å². The largest absolute Gasteiger partial charge is 0.360 e. The highest BCUT2D eigenvalue weighted by molar-refractivity contribution is 5.92. The molecule has 28 heavy (non-hydrogen) atoms. The van der Waals surface area contributed by atoms with E-state index in [2.05, 4.69) is 15.6 Å². The molecule has 1 N–H and O–H groups in total. The van der Waals surface area contributed by atoms with Crippen LogP contribution < -0.4 is 10.9 Å². The molecule has 8 heteroatoms. The molecule has 3 heterocycles. The summed E-state index contributed by atoms with van der Waals surface area (Å²) in [5, 5.41) is 12.1. The van der Waals surface area contributed by atoms with Gasteiger partial charge in [0, 0.05) is 22.8 Å². The molecule has 142 valence electrons. The fraction of sp³-hybridized carbons (Fsp3) is 0.200. The second-order valence-electron chi connectivity index (χ2n) is 6.61. The Kier molecular flexibility index (Phi) is 4.31. The van der Waals surface area contributed by atoms with Crippen LogP contribution in [0.2, 0.25) is 0 Å². The molecular formula is C20H19N5O3. The van der Waals surface area contributed by atoms with Gasteiger partial charge >= 0.3 is 0 Å². The number of nitrogens with one attached hydrogen (secondary N) is 1. The van der Waals surface area contributed by atoms with Crippen LogP contribution in [0.5, 0.6) is 0 Å². The van der Waals surface area contributed by atoms with Crippen LogP contribution in [-0.2, 0) is 11.3 Å². The minimum atomic E-state index is -0.254. The number of aromatic nitrogens is 4. The first-order valence-electron chi connectivity index (χ1n) is 8.82. The van der Waals surface area contributed by atoms with Crippen LogP contribution in [0, 0.1) is 20.8 Å². The van der Waals surface area contributed by atoms with Crippen molar-refractivity contribution in [3.8, 4) is 5.69 Å². The van der Waals surface area contributed by atoms with Gasteiger partial charge in [-0.05, 0) is 32.9 Å². The smallest absolute Gasteiger partial charge is 0.281 e. The standard InChI is InChI=1S/C20H19N5O3/c1-12-9-17(23-28-12)22-18(26)11-24-13(2)16-10-21-25(15-7-5-4-6-8-15)20(27)19(16)14(24)3/h4-10H,11H2,1-3H3,(H,22,23,26). The average molecular weight is 377 g/mol. The number of hydrogen-bond acceptors (Lipinski definition) is 5. The molecule has 3 aromatic heterocycles. The van der Waals surface area contributed by atoms with E-state index in [0.29, 0.717) is 22.7 Å². The number of para-hydroxylation sites is 1. The monoisotopic (exact) mass is 377 g/mol. The van der Waals surface area contributed by atoms with Crippen LogP contribution in [0.15, 0.2) is 51.9 Å². The van der Waals surface area contributed by atoms with Gasteiger partial charge in [0.15, 0.2) is 5.82 Å². The van der Waals surface area contributed by atoms with Crippen LogP contribution in [0.25, 0.3) is 16.5 Å². The Labute approximate surface area is 160 Å². The first-order chi connectivity index (χ1) is 13.5. The van der Waals surface area contributed by atoms with E-state index in [4.69, 9.17) is 4.52 Å². The summed E-state index contributed by atoms with van der Waals surface area (Å²) in [7, 11) is 0. The number of nitrogens with zero attached hydrogens (tertiary/aromatic N) is 4. The van der Waals surface area contributed by atoms with Gasteiger partial charge in [-0.1, -0.05) is 23.4 Å². The van der Waals surface area contributed by atoms with E-state index in [9.17, 15) is 9.59 Å². The number of rotatable bonds is 4. The van der Waals surface area contributed by atoms with Crippen molar-refractivity contribution in [1.29, 1.82) is 0 Å². The number of amides is 1. The fourth-order valence-corrected chi connectivity index (χ4v) is 3.35. The maximum absolute atomic E-state index is 13.1. The molecule has 0 saturated heterocycles. The number of fused-ring (bicyclic) bond motifs is 1. The molecular weight excluding hydrogens is 358 g/mol. The second kappa shape index (κ2) is 6.80. The molecule has 0 unspecified atom stereocenters. The molecule has 4 rings (SSSR count). The lowest BCUT2D eigenvalue weighted by atomic mass is 10.2. The average Bonchev–Trinajstić information content (AvgIpc) is 3.19. The van der Waals surface area contributed by atoms with Gasteiger partial charge in [0.1, 0.15) is 12.3 Å². The van der Waals surface area contributed by atoms with Crippen molar-refractivity contribution >= 4 is 22.5 Å². The first-order valence-corrected chi connectivity index (χ1v) is 8.82. The summed E-state index contributed by atoms with van der Waals surface area (Å²) in [6.07, 6.45) is 1.67. The molecule has 1 amide bonds. The van der Waals surface area contributed by atoms with Crippen molar-refractivity contribution in [3.63, 3.8) is 0 Å². The number of aryl methyl sites for hydroxylation is 3. The summed E-state index contributed by atoms with van der Waals surface area (Å²) in [5.41, 5.74) is 2.01. The van der Waals surface area contributed by atoms with Gasteiger partial charge in [0.2, 0.25) is 5.91 Å². The zero-order valence-electron chi connectivity index (χ0n) is 15.8. The predicted octanol–water partition coefficient (Wildman–Crippen LogP) is 2.74. The number of anilines is 1. The molecule has 0 bridgehead atoms. The maximum atomic E-state index is 13.1. The molecule has 0 aliphatic heterocycles. The van der Waals surface area contributed by atoms with Crippen molar-refractivity contribution in [2.75, 3.05) is 5.32 Å². The number of carbonyl (C=O) groups is 1. The minimum absolute atomic E-state index is 0.0586. The van der Waals surface area contributed by atoms with E-state index in [1.54, 1.807) is 19.2 Å². The normalized spacial score (nSPS) is 11.1. The Morgan fingerprint density at radius 2 is 1.89 bits per heavy atom. The van der Waals surface area contributed by atoms with Gasteiger partial charge in [-0.25, -0.2) is 0 Å². The Hall–Kier alpha value is -3.68. The quantitative estimate of drug-likeness (QED) is 0.590. The Bertz CT molecular complexity index is 1230. The summed E-state index contributed by atoms with van der Waals surface area (Å²) in [6.45, 7) is 5.51. The van der Waals surface area contributed by atoms with E-state index in [1.165, 1.54) is 4.68 Å². The number of benzene rings is 1. The minimum Gasteiger partial charge on any atom is -0.360 e. The summed E-state index contributed by atoms with van der Waals surface area (Å²) in [5.74, 6) is 0.723. The van der Waals surface area contributed by atoms with Gasteiger partial charge in [0.25, 0.3) is 5.56 Å². The van der Waals surface area contributed by atoms with Crippen molar-refractivity contribution in [3.05, 3.63) is 70.1 Å². The molecule has 0 atom stereocenters.